The molecule has 1 N–H and O–H groups in total. The first kappa shape index (κ1) is 13.5. The van der Waals surface area contributed by atoms with Gasteiger partial charge < -0.3 is 14.6 Å². The minimum atomic E-state index is -4.79. The molecule has 0 unspecified atom stereocenters. The van der Waals surface area contributed by atoms with Crippen molar-refractivity contribution in [3.63, 3.8) is 0 Å². The average molecular weight is 250 g/mol. The molecule has 0 aliphatic carbocycles. The molecule has 1 rings (SSSR count). The fourth-order valence-corrected chi connectivity index (χ4v) is 1.10. The van der Waals surface area contributed by atoms with E-state index < -0.39 is 12.1 Å². The van der Waals surface area contributed by atoms with E-state index in [1.54, 1.807) is 0 Å². The molecule has 6 heteroatoms. The van der Waals surface area contributed by atoms with Crippen LogP contribution < -0.4 is 9.47 Å². The number of phenols is 1. The van der Waals surface area contributed by atoms with Gasteiger partial charge >= 0.3 is 6.36 Å². The number of ether oxygens (including phenoxy) is 2. The van der Waals surface area contributed by atoms with Crippen LogP contribution in [0.1, 0.15) is 13.8 Å². The van der Waals surface area contributed by atoms with Crippen molar-refractivity contribution in [3.05, 3.63) is 18.2 Å². The van der Waals surface area contributed by atoms with Crippen LogP contribution >= 0.6 is 0 Å². The summed E-state index contributed by atoms with van der Waals surface area (Å²) in [4.78, 5) is 0. The van der Waals surface area contributed by atoms with Crippen molar-refractivity contribution in [3.8, 4) is 17.2 Å². The molecule has 0 aromatic heterocycles. The maximum atomic E-state index is 12.0. The van der Waals surface area contributed by atoms with E-state index in [1.165, 1.54) is 6.07 Å². The van der Waals surface area contributed by atoms with Gasteiger partial charge in [0, 0.05) is 18.2 Å². The molecular formula is C11H13F3O3. The molecule has 0 fully saturated rings. The third kappa shape index (κ3) is 5.33. The smallest absolute Gasteiger partial charge is 0.508 e. The highest BCUT2D eigenvalue weighted by atomic mass is 19.4. The summed E-state index contributed by atoms with van der Waals surface area (Å²) in [5, 5.41) is 9.23. The predicted octanol–water partition coefficient (Wildman–Crippen LogP) is 3.33. The van der Waals surface area contributed by atoms with Crippen LogP contribution in [-0.2, 0) is 0 Å². The van der Waals surface area contributed by atoms with Crippen LogP contribution in [0.15, 0.2) is 18.2 Å². The van der Waals surface area contributed by atoms with E-state index in [9.17, 15) is 18.3 Å². The van der Waals surface area contributed by atoms with Crippen molar-refractivity contribution in [2.45, 2.75) is 20.2 Å². The van der Waals surface area contributed by atoms with Gasteiger partial charge in [0.25, 0.3) is 0 Å². The van der Waals surface area contributed by atoms with Gasteiger partial charge in [-0.2, -0.15) is 0 Å². The number of aromatic hydroxyl groups is 1. The average Bonchev–Trinajstić information content (AvgIpc) is 2.10. The van der Waals surface area contributed by atoms with Gasteiger partial charge in [-0.15, -0.1) is 13.2 Å². The summed E-state index contributed by atoms with van der Waals surface area (Å²) in [6.07, 6.45) is -4.79. The fourth-order valence-electron chi connectivity index (χ4n) is 1.10. The lowest BCUT2D eigenvalue weighted by atomic mass is 10.2. The summed E-state index contributed by atoms with van der Waals surface area (Å²) in [5.74, 6) is -0.482. The fraction of sp³-hybridized carbons (Fsp3) is 0.455. The van der Waals surface area contributed by atoms with Gasteiger partial charge in [-0.05, 0) is 5.92 Å². The first-order valence-electron chi connectivity index (χ1n) is 4.99. The van der Waals surface area contributed by atoms with Gasteiger partial charge in [0.15, 0.2) is 0 Å². The quantitative estimate of drug-likeness (QED) is 0.890. The Morgan fingerprint density at radius 3 is 2.29 bits per heavy atom. The highest BCUT2D eigenvalue weighted by molar-refractivity contribution is 5.41. The Balaban J connectivity index is 2.79. The van der Waals surface area contributed by atoms with Gasteiger partial charge in [0.05, 0.1) is 6.61 Å². The minimum absolute atomic E-state index is 0.137. The summed E-state index contributed by atoms with van der Waals surface area (Å²) < 4.78 is 44.8. The highest BCUT2D eigenvalue weighted by Gasteiger charge is 2.31. The van der Waals surface area contributed by atoms with Crippen LogP contribution in [0.2, 0.25) is 0 Å². The van der Waals surface area contributed by atoms with Crippen LogP contribution in [0.3, 0.4) is 0 Å². The van der Waals surface area contributed by atoms with Crippen molar-refractivity contribution in [2.24, 2.45) is 5.92 Å². The van der Waals surface area contributed by atoms with Crippen LogP contribution in [-0.4, -0.2) is 18.1 Å². The molecule has 0 aliphatic heterocycles. The zero-order chi connectivity index (χ0) is 13.1. The summed E-state index contributed by atoms with van der Waals surface area (Å²) in [5.41, 5.74) is 0. The van der Waals surface area contributed by atoms with Crippen LogP contribution in [0.5, 0.6) is 17.2 Å². The van der Waals surface area contributed by atoms with E-state index in [2.05, 4.69) is 4.74 Å². The Morgan fingerprint density at radius 1 is 1.18 bits per heavy atom. The molecular weight excluding hydrogens is 237 g/mol. The summed E-state index contributed by atoms with van der Waals surface area (Å²) in [6.45, 7) is 4.14. The van der Waals surface area contributed by atoms with Gasteiger partial charge in [0.1, 0.15) is 17.2 Å². The van der Waals surface area contributed by atoms with Gasteiger partial charge in [-0.25, -0.2) is 0 Å². The molecule has 0 aliphatic rings. The Morgan fingerprint density at radius 2 is 1.76 bits per heavy atom. The monoisotopic (exact) mass is 250 g/mol. The maximum Gasteiger partial charge on any atom is 0.573 e. The number of phenolic OH excluding ortho intramolecular Hbond substituents is 1. The number of benzene rings is 1. The lowest BCUT2D eigenvalue weighted by molar-refractivity contribution is -0.274. The Kier molecular flexibility index (Phi) is 4.09. The molecule has 1 aromatic rings. The zero-order valence-corrected chi connectivity index (χ0v) is 9.41. The molecule has 3 nitrogen and oxygen atoms in total. The van der Waals surface area contributed by atoms with Gasteiger partial charge in [-0.3, -0.25) is 0 Å². The van der Waals surface area contributed by atoms with Crippen molar-refractivity contribution in [1.29, 1.82) is 0 Å². The molecule has 0 amide bonds. The molecule has 0 radical (unpaired) electrons. The number of hydrogen-bond acceptors (Lipinski definition) is 3. The Hall–Kier alpha value is -1.59. The lowest BCUT2D eigenvalue weighted by Crippen LogP contribution is -2.17. The highest BCUT2D eigenvalue weighted by Crippen LogP contribution is 2.30. The van der Waals surface area contributed by atoms with E-state index in [1.807, 2.05) is 13.8 Å². The van der Waals surface area contributed by atoms with Crippen molar-refractivity contribution >= 4 is 0 Å². The molecule has 0 atom stereocenters. The number of hydrogen-bond donors (Lipinski definition) is 1. The van der Waals surface area contributed by atoms with Crippen molar-refractivity contribution in [1.82, 2.24) is 0 Å². The van der Waals surface area contributed by atoms with Crippen LogP contribution in [0.25, 0.3) is 0 Å². The standard InChI is InChI=1S/C11H13F3O3/c1-7(2)6-16-9-3-8(15)4-10(5-9)17-11(12,13)14/h3-5,7,15H,6H2,1-2H3. The van der Waals surface area contributed by atoms with Crippen LogP contribution in [0, 0.1) is 5.92 Å². The number of halogens is 3. The van der Waals surface area contributed by atoms with E-state index in [-0.39, 0.29) is 17.4 Å². The Labute approximate surface area is 96.8 Å². The second-order valence-corrected chi connectivity index (χ2v) is 3.92. The van der Waals surface area contributed by atoms with Crippen LogP contribution in [0.4, 0.5) is 13.2 Å². The third-order valence-corrected chi connectivity index (χ3v) is 1.68. The SMILES string of the molecule is CC(C)COc1cc(O)cc(OC(F)(F)F)c1. The molecule has 17 heavy (non-hydrogen) atoms. The molecule has 1 aromatic carbocycles. The number of alkyl halides is 3. The first-order valence-corrected chi connectivity index (χ1v) is 4.99. The summed E-state index contributed by atoms with van der Waals surface area (Å²) in [7, 11) is 0. The molecule has 0 bridgehead atoms. The zero-order valence-electron chi connectivity index (χ0n) is 9.41. The maximum absolute atomic E-state index is 12.0. The molecule has 96 valence electrons. The predicted molar refractivity (Wildman–Crippen MR) is 55.1 cm³/mol. The molecule has 0 saturated carbocycles. The summed E-state index contributed by atoms with van der Waals surface area (Å²) >= 11 is 0. The topological polar surface area (TPSA) is 38.7 Å². The third-order valence-electron chi connectivity index (χ3n) is 1.68. The number of rotatable bonds is 4. The largest absolute Gasteiger partial charge is 0.573 e. The second kappa shape index (κ2) is 5.16. The van der Waals surface area contributed by atoms with E-state index in [0.717, 1.165) is 12.1 Å². The van der Waals surface area contributed by atoms with E-state index in [0.29, 0.717) is 6.61 Å². The first-order chi connectivity index (χ1) is 7.76. The minimum Gasteiger partial charge on any atom is -0.508 e. The van der Waals surface area contributed by atoms with Gasteiger partial charge in [-0.1, -0.05) is 13.8 Å². The lowest BCUT2D eigenvalue weighted by Gasteiger charge is -2.12. The molecule has 0 spiro atoms. The Bertz CT molecular complexity index is 375. The van der Waals surface area contributed by atoms with E-state index >= 15 is 0 Å². The summed E-state index contributed by atoms with van der Waals surface area (Å²) in [6, 6.07) is 3.18. The molecule has 0 saturated heterocycles. The second-order valence-electron chi connectivity index (χ2n) is 3.92. The van der Waals surface area contributed by atoms with Gasteiger partial charge in [0.2, 0.25) is 0 Å². The molecule has 0 heterocycles. The van der Waals surface area contributed by atoms with Crippen molar-refractivity contribution < 1.29 is 27.8 Å². The van der Waals surface area contributed by atoms with Crippen molar-refractivity contribution in [2.75, 3.05) is 6.61 Å². The normalized spacial score (nSPS) is 11.6. The van der Waals surface area contributed by atoms with E-state index in [4.69, 9.17) is 4.74 Å².